The molecular formula is C28H34N2O4. The fourth-order valence-corrected chi connectivity index (χ4v) is 4.80. The van der Waals surface area contributed by atoms with Crippen LogP contribution in [-0.2, 0) is 0 Å². The van der Waals surface area contributed by atoms with Gasteiger partial charge in [0.2, 0.25) is 5.76 Å². The van der Waals surface area contributed by atoms with Gasteiger partial charge >= 0.3 is 0 Å². The third-order valence-corrected chi connectivity index (χ3v) is 6.83. The van der Waals surface area contributed by atoms with Gasteiger partial charge in [-0.15, -0.1) is 0 Å². The highest BCUT2D eigenvalue weighted by Gasteiger charge is 2.42. The van der Waals surface area contributed by atoms with E-state index >= 15 is 0 Å². The molecule has 0 bridgehead atoms. The predicted molar refractivity (Wildman–Crippen MR) is 135 cm³/mol. The molecule has 1 amide bonds. The number of aryl methyl sites for hydroxylation is 2. The number of amides is 1. The highest BCUT2D eigenvalue weighted by Crippen LogP contribution is 2.39. The number of fused-ring (bicyclic) bond motifs is 2. The highest BCUT2D eigenvalue weighted by atomic mass is 16.5. The van der Waals surface area contributed by atoms with Gasteiger partial charge < -0.3 is 19.0 Å². The maximum atomic E-state index is 13.8. The molecule has 180 valence electrons. The Labute approximate surface area is 201 Å². The van der Waals surface area contributed by atoms with Crippen LogP contribution < -0.4 is 10.2 Å². The number of carbonyl (C=O) groups excluding carboxylic acids is 1. The Hall–Kier alpha value is -3.12. The van der Waals surface area contributed by atoms with E-state index in [9.17, 15) is 9.59 Å². The van der Waals surface area contributed by atoms with Gasteiger partial charge in [0.1, 0.15) is 11.3 Å². The molecule has 2 heterocycles. The second kappa shape index (κ2) is 10.0. The molecule has 0 saturated heterocycles. The van der Waals surface area contributed by atoms with Gasteiger partial charge in [-0.1, -0.05) is 26.0 Å². The molecule has 4 rings (SSSR count). The summed E-state index contributed by atoms with van der Waals surface area (Å²) >= 11 is 0. The second-order valence-electron chi connectivity index (χ2n) is 8.89. The topological polar surface area (TPSA) is 63.0 Å². The molecule has 6 heteroatoms. The van der Waals surface area contributed by atoms with Crippen molar-refractivity contribution in [3.8, 4) is 5.75 Å². The van der Waals surface area contributed by atoms with Crippen molar-refractivity contribution in [3.05, 3.63) is 74.6 Å². The van der Waals surface area contributed by atoms with Crippen LogP contribution in [0.4, 0.5) is 0 Å². The minimum absolute atomic E-state index is 0.134. The quantitative estimate of drug-likeness (QED) is 0.443. The molecule has 34 heavy (non-hydrogen) atoms. The third kappa shape index (κ3) is 4.34. The summed E-state index contributed by atoms with van der Waals surface area (Å²) in [5, 5.41) is 0.519. The summed E-state index contributed by atoms with van der Waals surface area (Å²) in [6.45, 7) is 14.1. The molecule has 0 radical (unpaired) electrons. The Morgan fingerprint density at radius 2 is 1.76 bits per heavy atom. The van der Waals surface area contributed by atoms with Crippen LogP contribution in [0.15, 0.2) is 45.6 Å². The van der Waals surface area contributed by atoms with Gasteiger partial charge in [-0.25, -0.2) is 0 Å². The van der Waals surface area contributed by atoms with Gasteiger partial charge in [-0.2, -0.15) is 0 Å². The minimum atomic E-state index is -0.498. The molecule has 1 aliphatic rings. The molecule has 0 spiro atoms. The first-order chi connectivity index (χ1) is 16.4. The minimum Gasteiger partial charge on any atom is -0.494 e. The fraction of sp³-hybridized carbons (Fsp3) is 0.429. The second-order valence-corrected chi connectivity index (χ2v) is 8.89. The number of carbonyl (C=O) groups is 1. The van der Waals surface area contributed by atoms with E-state index < -0.39 is 6.04 Å². The van der Waals surface area contributed by atoms with Crippen LogP contribution >= 0.6 is 0 Å². The van der Waals surface area contributed by atoms with Crippen molar-refractivity contribution in [2.75, 3.05) is 32.8 Å². The summed E-state index contributed by atoms with van der Waals surface area (Å²) in [7, 11) is 0. The Balaban J connectivity index is 1.83. The van der Waals surface area contributed by atoms with Gasteiger partial charge in [0.05, 0.1) is 23.6 Å². The zero-order valence-electron chi connectivity index (χ0n) is 20.8. The monoisotopic (exact) mass is 462 g/mol. The lowest BCUT2D eigenvalue weighted by Gasteiger charge is -2.27. The molecule has 3 aromatic rings. The van der Waals surface area contributed by atoms with Crippen LogP contribution in [0, 0.1) is 13.8 Å². The van der Waals surface area contributed by atoms with Crippen LogP contribution in [0.2, 0.25) is 0 Å². The normalized spacial score (nSPS) is 15.4. The van der Waals surface area contributed by atoms with Crippen molar-refractivity contribution in [2.45, 2.75) is 47.1 Å². The molecule has 0 fully saturated rings. The molecule has 1 aromatic heterocycles. The lowest BCUT2D eigenvalue weighted by atomic mass is 9.97. The zero-order chi connectivity index (χ0) is 24.4. The van der Waals surface area contributed by atoms with Gasteiger partial charge in [0, 0.05) is 6.54 Å². The zero-order valence-corrected chi connectivity index (χ0v) is 20.8. The average Bonchev–Trinajstić information content (AvgIpc) is 3.10. The Kier molecular flexibility index (Phi) is 7.08. The molecule has 1 aliphatic heterocycles. The number of benzene rings is 2. The van der Waals surface area contributed by atoms with Crippen LogP contribution in [0.3, 0.4) is 0 Å². The summed E-state index contributed by atoms with van der Waals surface area (Å²) in [5.41, 5.74) is 3.67. The molecule has 1 unspecified atom stereocenters. The number of ether oxygens (including phenoxy) is 1. The number of nitrogens with zero attached hydrogens (tertiary/aromatic N) is 2. The van der Waals surface area contributed by atoms with E-state index in [2.05, 4.69) is 18.7 Å². The Bertz CT molecular complexity index is 1260. The molecule has 2 aromatic carbocycles. The summed E-state index contributed by atoms with van der Waals surface area (Å²) in [6.07, 6.45) is 0.814. The van der Waals surface area contributed by atoms with Gasteiger partial charge in [0.15, 0.2) is 5.43 Å². The van der Waals surface area contributed by atoms with Crippen LogP contribution in [0.1, 0.15) is 66.0 Å². The first kappa shape index (κ1) is 24.0. The van der Waals surface area contributed by atoms with Crippen molar-refractivity contribution in [1.29, 1.82) is 0 Å². The Morgan fingerprint density at radius 1 is 1.03 bits per heavy atom. The molecule has 1 atom stereocenters. The number of hydrogen-bond acceptors (Lipinski definition) is 5. The first-order valence-electron chi connectivity index (χ1n) is 12.2. The predicted octanol–water partition coefficient (Wildman–Crippen LogP) is 5.09. The van der Waals surface area contributed by atoms with E-state index in [0.29, 0.717) is 29.7 Å². The summed E-state index contributed by atoms with van der Waals surface area (Å²) < 4.78 is 11.8. The average molecular weight is 463 g/mol. The van der Waals surface area contributed by atoms with E-state index in [-0.39, 0.29) is 17.1 Å². The fourth-order valence-electron chi connectivity index (χ4n) is 4.80. The smallest absolute Gasteiger partial charge is 0.290 e. The van der Waals surface area contributed by atoms with Crippen molar-refractivity contribution < 1.29 is 13.9 Å². The summed E-state index contributed by atoms with van der Waals surface area (Å²) in [4.78, 5) is 31.5. The van der Waals surface area contributed by atoms with Crippen molar-refractivity contribution in [3.63, 3.8) is 0 Å². The van der Waals surface area contributed by atoms with Gasteiger partial charge in [0.25, 0.3) is 5.91 Å². The van der Waals surface area contributed by atoms with E-state index in [0.717, 1.165) is 48.5 Å². The van der Waals surface area contributed by atoms with E-state index in [4.69, 9.17) is 9.15 Å². The van der Waals surface area contributed by atoms with Crippen LogP contribution in [0.25, 0.3) is 11.0 Å². The van der Waals surface area contributed by atoms with Crippen LogP contribution in [0.5, 0.6) is 5.75 Å². The largest absolute Gasteiger partial charge is 0.494 e. The molecule has 6 nitrogen and oxygen atoms in total. The van der Waals surface area contributed by atoms with Crippen LogP contribution in [-0.4, -0.2) is 48.5 Å². The van der Waals surface area contributed by atoms with Gasteiger partial charge in [-0.05, 0) is 87.8 Å². The molecule has 0 aliphatic carbocycles. The third-order valence-electron chi connectivity index (χ3n) is 6.83. The number of rotatable bonds is 9. The van der Waals surface area contributed by atoms with Crippen molar-refractivity contribution >= 4 is 16.9 Å². The van der Waals surface area contributed by atoms with E-state index in [1.807, 2.05) is 57.2 Å². The molecule has 0 saturated carbocycles. The first-order valence-corrected chi connectivity index (χ1v) is 12.2. The lowest BCUT2D eigenvalue weighted by Crippen LogP contribution is -2.33. The van der Waals surface area contributed by atoms with E-state index in [1.165, 1.54) is 0 Å². The standard InChI is InChI=1S/C28H34N2O4/c1-6-29(7-2)13-10-14-30-25(20-11-9-12-21(17-20)33-8-3)24-26(31)22-15-18(4)19(5)16-23(22)34-27(24)28(30)32/h9,11-12,15-17,25H,6-8,10,13-14H2,1-5H3. The van der Waals surface area contributed by atoms with Gasteiger partial charge in [-0.3, -0.25) is 9.59 Å². The summed E-state index contributed by atoms with van der Waals surface area (Å²) in [5.74, 6) is 0.662. The maximum absolute atomic E-state index is 13.8. The summed E-state index contributed by atoms with van der Waals surface area (Å²) in [6, 6.07) is 10.9. The SMILES string of the molecule is CCOc1cccc(C2c3c(oc4cc(C)c(C)cc4c3=O)C(=O)N2CCCN(CC)CC)c1. The highest BCUT2D eigenvalue weighted by molar-refractivity contribution is 5.99. The molecular weight excluding hydrogens is 428 g/mol. The van der Waals surface area contributed by atoms with Crippen molar-refractivity contribution in [2.24, 2.45) is 0 Å². The Morgan fingerprint density at radius 3 is 2.47 bits per heavy atom. The number of hydrogen-bond donors (Lipinski definition) is 0. The maximum Gasteiger partial charge on any atom is 0.290 e. The molecule has 0 N–H and O–H groups in total. The van der Waals surface area contributed by atoms with E-state index in [1.54, 1.807) is 4.90 Å². The lowest BCUT2D eigenvalue weighted by molar-refractivity contribution is 0.0720. The van der Waals surface area contributed by atoms with Crippen molar-refractivity contribution in [1.82, 2.24) is 9.80 Å².